The maximum Gasteiger partial charge on any atom is 0.294 e. The molecule has 27 heavy (non-hydrogen) atoms. The largest absolute Gasteiger partial charge is 0.505 e. The van der Waals surface area contributed by atoms with Crippen molar-refractivity contribution >= 4 is 43.9 Å². The average molecular weight is 385 g/mol. The topological polar surface area (TPSA) is 128 Å². The van der Waals surface area contributed by atoms with Crippen LogP contribution in [0.1, 0.15) is 6.92 Å². The van der Waals surface area contributed by atoms with Crippen LogP contribution in [0.4, 0.5) is 17.1 Å². The normalized spacial score (nSPS) is 11.8. The number of amides is 1. The van der Waals surface area contributed by atoms with Crippen LogP contribution in [0, 0.1) is 0 Å². The molecule has 0 spiro atoms. The Hall–Kier alpha value is -3.30. The first kappa shape index (κ1) is 18.5. The number of anilines is 1. The molecule has 0 radical (unpaired) electrons. The summed E-state index contributed by atoms with van der Waals surface area (Å²) in [6.07, 6.45) is 0. The van der Waals surface area contributed by atoms with Crippen molar-refractivity contribution in [2.75, 3.05) is 5.32 Å². The van der Waals surface area contributed by atoms with Crippen LogP contribution in [0.5, 0.6) is 5.75 Å². The molecule has 0 aliphatic heterocycles. The van der Waals surface area contributed by atoms with Gasteiger partial charge in [-0.25, -0.2) is 0 Å². The van der Waals surface area contributed by atoms with Crippen molar-refractivity contribution in [1.82, 2.24) is 0 Å². The number of phenols is 1. The van der Waals surface area contributed by atoms with Crippen LogP contribution < -0.4 is 5.32 Å². The molecule has 3 aromatic rings. The molecule has 0 aliphatic rings. The third kappa shape index (κ3) is 4.10. The molecule has 0 heterocycles. The first-order chi connectivity index (χ1) is 12.8. The predicted octanol–water partition coefficient (Wildman–Crippen LogP) is 4.17. The quantitative estimate of drug-likeness (QED) is 0.459. The SMILES string of the molecule is CC(=O)Nc1cc(S(=O)(=O)O)cc2ccc(N=Nc3ccccc3)c(O)c12. The zero-order chi connectivity index (χ0) is 19.6. The summed E-state index contributed by atoms with van der Waals surface area (Å²) in [6, 6.07) is 14.1. The van der Waals surface area contributed by atoms with Gasteiger partial charge in [0.15, 0.2) is 5.75 Å². The molecule has 0 bridgehead atoms. The van der Waals surface area contributed by atoms with Gasteiger partial charge in [0.2, 0.25) is 5.91 Å². The predicted molar refractivity (Wildman–Crippen MR) is 100 cm³/mol. The molecular formula is C18H15N3O5S. The summed E-state index contributed by atoms with van der Waals surface area (Å²) >= 11 is 0. The number of fused-ring (bicyclic) bond motifs is 1. The summed E-state index contributed by atoms with van der Waals surface area (Å²) < 4.78 is 32.2. The van der Waals surface area contributed by atoms with Crippen molar-refractivity contribution in [2.45, 2.75) is 11.8 Å². The number of carbonyl (C=O) groups excluding carboxylic acids is 1. The Bertz CT molecular complexity index is 1160. The standard InChI is InChI=1S/C18H15N3O5S/c1-11(22)19-16-10-14(27(24,25)26)9-12-7-8-15(18(23)17(12)16)21-20-13-5-3-2-4-6-13/h2-10,23H,1H3,(H,19,22)(H,24,25,26). The van der Waals surface area contributed by atoms with E-state index >= 15 is 0 Å². The number of nitrogens with one attached hydrogen (secondary N) is 1. The summed E-state index contributed by atoms with van der Waals surface area (Å²) in [5.41, 5.74) is 0.750. The van der Waals surface area contributed by atoms with Gasteiger partial charge in [-0.3, -0.25) is 9.35 Å². The molecule has 0 aromatic heterocycles. The summed E-state index contributed by atoms with van der Waals surface area (Å²) in [5, 5.41) is 21.6. The minimum Gasteiger partial charge on any atom is -0.505 e. The third-order valence-corrected chi connectivity index (χ3v) is 4.51. The molecule has 0 atom stereocenters. The van der Waals surface area contributed by atoms with Gasteiger partial charge in [-0.1, -0.05) is 24.3 Å². The molecule has 0 unspecified atom stereocenters. The highest BCUT2D eigenvalue weighted by Gasteiger charge is 2.18. The Morgan fingerprint density at radius 2 is 1.74 bits per heavy atom. The van der Waals surface area contributed by atoms with E-state index in [0.29, 0.717) is 11.1 Å². The van der Waals surface area contributed by atoms with Gasteiger partial charge < -0.3 is 10.4 Å². The number of rotatable bonds is 4. The van der Waals surface area contributed by atoms with Crippen LogP contribution >= 0.6 is 0 Å². The van der Waals surface area contributed by atoms with Crippen molar-refractivity contribution in [3.8, 4) is 5.75 Å². The molecule has 138 valence electrons. The van der Waals surface area contributed by atoms with E-state index in [1.807, 2.05) is 6.07 Å². The highest BCUT2D eigenvalue weighted by atomic mass is 32.2. The van der Waals surface area contributed by atoms with Crippen molar-refractivity contribution in [2.24, 2.45) is 10.2 Å². The fourth-order valence-corrected chi connectivity index (χ4v) is 3.08. The van der Waals surface area contributed by atoms with Gasteiger partial charge in [0.05, 0.1) is 16.3 Å². The van der Waals surface area contributed by atoms with Gasteiger partial charge in [-0.15, -0.1) is 5.11 Å². The fraction of sp³-hybridized carbons (Fsp3) is 0.0556. The molecule has 0 saturated heterocycles. The average Bonchev–Trinajstić information content (AvgIpc) is 2.60. The van der Waals surface area contributed by atoms with E-state index in [9.17, 15) is 22.9 Å². The third-order valence-electron chi connectivity index (χ3n) is 3.68. The van der Waals surface area contributed by atoms with Crippen LogP contribution in [0.3, 0.4) is 0 Å². The van der Waals surface area contributed by atoms with Crippen LogP contribution in [0.15, 0.2) is 69.7 Å². The molecule has 0 saturated carbocycles. The Labute approximate surface area is 154 Å². The van der Waals surface area contributed by atoms with Gasteiger partial charge in [-0.2, -0.15) is 13.5 Å². The number of azo groups is 1. The Kier molecular flexibility index (Phi) is 4.89. The van der Waals surface area contributed by atoms with Gasteiger partial charge in [0.25, 0.3) is 10.1 Å². The lowest BCUT2D eigenvalue weighted by Gasteiger charge is -2.12. The molecule has 1 amide bonds. The fourth-order valence-electron chi connectivity index (χ4n) is 2.53. The molecule has 0 aliphatic carbocycles. The summed E-state index contributed by atoms with van der Waals surface area (Å²) in [4.78, 5) is 11.1. The molecule has 3 aromatic carbocycles. The summed E-state index contributed by atoms with van der Waals surface area (Å²) in [5.74, 6) is -0.752. The van der Waals surface area contributed by atoms with Crippen LogP contribution in [0.2, 0.25) is 0 Å². The number of carbonyl (C=O) groups is 1. The zero-order valence-corrected chi connectivity index (χ0v) is 14.9. The minimum atomic E-state index is -4.50. The van der Waals surface area contributed by atoms with Crippen LogP contribution in [0.25, 0.3) is 10.8 Å². The number of nitrogens with zero attached hydrogens (tertiary/aromatic N) is 2. The van der Waals surface area contributed by atoms with E-state index in [2.05, 4.69) is 15.5 Å². The number of aromatic hydroxyl groups is 1. The molecule has 9 heteroatoms. The van der Waals surface area contributed by atoms with Crippen molar-refractivity contribution in [1.29, 1.82) is 0 Å². The van der Waals surface area contributed by atoms with E-state index in [1.54, 1.807) is 24.3 Å². The van der Waals surface area contributed by atoms with E-state index < -0.39 is 20.9 Å². The Balaban J connectivity index is 2.19. The highest BCUT2D eigenvalue weighted by Crippen LogP contribution is 2.41. The second kappa shape index (κ2) is 7.14. The van der Waals surface area contributed by atoms with Crippen LogP contribution in [-0.4, -0.2) is 24.0 Å². The maximum atomic E-state index is 11.5. The molecule has 0 fully saturated rings. The smallest absolute Gasteiger partial charge is 0.294 e. The molecular weight excluding hydrogens is 370 g/mol. The molecule has 8 nitrogen and oxygen atoms in total. The van der Waals surface area contributed by atoms with Crippen molar-refractivity contribution < 1.29 is 22.9 Å². The highest BCUT2D eigenvalue weighted by molar-refractivity contribution is 7.85. The number of hydrogen-bond acceptors (Lipinski definition) is 6. The van der Waals surface area contributed by atoms with E-state index in [0.717, 1.165) is 6.07 Å². The van der Waals surface area contributed by atoms with Gasteiger partial charge >= 0.3 is 0 Å². The monoisotopic (exact) mass is 385 g/mol. The van der Waals surface area contributed by atoms with Crippen LogP contribution in [-0.2, 0) is 14.9 Å². The van der Waals surface area contributed by atoms with E-state index in [1.165, 1.54) is 25.1 Å². The summed E-state index contributed by atoms with van der Waals surface area (Å²) in [7, 11) is -4.50. The maximum absolute atomic E-state index is 11.5. The second-order valence-electron chi connectivity index (χ2n) is 5.69. The Morgan fingerprint density at radius 3 is 2.37 bits per heavy atom. The molecule has 3 rings (SSSR count). The lowest BCUT2D eigenvalue weighted by Crippen LogP contribution is -2.08. The summed E-state index contributed by atoms with van der Waals surface area (Å²) in [6.45, 7) is 1.24. The van der Waals surface area contributed by atoms with Crippen molar-refractivity contribution in [3.63, 3.8) is 0 Å². The second-order valence-corrected chi connectivity index (χ2v) is 7.12. The first-order valence-electron chi connectivity index (χ1n) is 7.77. The number of hydrogen-bond donors (Lipinski definition) is 3. The first-order valence-corrected chi connectivity index (χ1v) is 9.21. The lowest BCUT2D eigenvalue weighted by atomic mass is 10.1. The lowest BCUT2D eigenvalue weighted by molar-refractivity contribution is -0.114. The Morgan fingerprint density at radius 1 is 1.04 bits per heavy atom. The number of benzene rings is 3. The van der Waals surface area contributed by atoms with Gasteiger partial charge in [-0.05, 0) is 35.7 Å². The number of phenolic OH excluding ortho intramolecular Hbond substituents is 1. The minimum absolute atomic E-state index is 0.0295. The van der Waals surface area contributed by atoms with Gasteiger partial charge in [0, 0.05) is 12.3 Å². The zero-order valence-electron chi connectivity index (χ0n) is 14.1. The van der Waals surface area contributed by atoms with E-state index in [4.69, 9.17) is 0 Å². The molecule has 3 N–H and O–H groups in total. The van der Waals surface area contributed by atoms with E-state index in [-0.39, 0.29) is 22.5 Å². The van der Waals surface area contributed by atoms with Crippen molar-refractivity contribution in [3.05, 3.63) is 54.6 Å². The van der Waals surface area contributed by atoms with Gasteiger partial charge in [0.1, 0.15) is 5.69 Å².